The summed E-state index contributed by atoms with van der Waals surface area (Å²) in [5, 5.41) is 9.98. The van der Waals surface area contributed by atoms with Crippen molar-refractivity contribution in [2.75, 3.05) is 6.54 Å². The molecule has 0 bridgehead atoms. The fourth-order valence-corrected chi connectivity index (χ4v) is 2.19. The lowest BCUT2D eigenvalue weighted by atomic mass is 10.0. The molecule has 0 aliphatic carbocycles. The van der Waals surface area contributed by atoms with Gasteiger partial charge < -0.3 is 14.6 Å². The van der Waals surface area contributed by atoms with Crippen LogP contribution in [0.4, 0.5) is 4.79 Å². The van der Waals surface area contributed by atoms with E-state index in [1.807, 2.05) is 0 Å². The first-order chi connectivity index (χ1) is 9.32. The topological polar surface area (TPSA) is 76.1 Å². The van der Waals surface area contributed by atoms with Crippen LogP contribution in [0.5, 0.6) is 0 Å². The van der Waals surface area contributed by atoms with Crippen molar-refractivity contribution in [2.45, 2.75) is 71.8 Å². The second-order valence-corrected chi connectivity index (χ2v) is 7.54. The van der Waals surface area contributed by atoms with Crippen LogP contribution in [0.1, 0.15) is 48.5 Å². The number of carbonyl (C=O) groups is 2. The van der Waals surface area contributed by atoms with Gasteiger partial charge in [0.1, 0.15) is 17.2 Å². The molecule has 1 amide bonds. The Labute approximate surface area is 126 Å². The smallest absolute Gasteiger partial charge is 0.411 e. The van der Waals surface area contributed by atoms with Crippen LogP contribution in [0, 0.1) is 5.92 Å². The highest BCUT2D eigenvalue weighted by Crippen LogP contribution is 2.28. The van der Waals surface area contributed by atoms with Crippen LogP contribution >= 0.6 is 0 Å². The quantitative estimate of drug-likeness (QED) is 0.749. The number of esters is 1. The van der Waals surface area contributed by atoms with Gasteiger partial charge in [0.2, 0.25) is 0 Å². The van der Waals surface area contributed by atoms with E-state index in [-0.39, 0.29) is 6.54 Å². The predicted molar refractivity (Wildman–Crippen MR) is 77.7 cm³/mol. The molecule has 0 saturated carbocycles. The number of β-amino-alcohol motifs (C(OH)–C–C–N with tert-alkyl or cyclic N) is 1. The lowest BCUT2D eigenvalue weighted by Crippen LogP contribution is -2.47. The number of aliphatic hydroxyl groups is 1. The number of likely N-dealkylation sites (tertiary alicyclic amines) is 1. The summed E-state index contributed by atoms with van der Waals surface area (Å²) in [6, 6.07) is -0.825. The number of hydrogen-bond acceptors (Lipinski definition) is 5. The van der Waals surface area contributed by atoms with Gasteiger partial charge in [-0.25, -0.2) is 9.59 Å². The largest absolute Gasteiger partial charge is 0.458 e. The van der Waals surface area contributed by atoms with Crippen LogP contribution < -0.4 is 0 Å². The third-order valence-corrected chi connectivity index (χ3v) is 3.10. The van der Waals surface area contributed by atoms with E-state index in [1.165, 1.54) is 4.90 Å². The average molecular weight is 301 g/mol. The third-order valence-electron chi connectivity index (χ3n) is 3.10. The zero-order chi connectivity index (χ0) is 16.6. The van der Waals surface area contributed by atoms with Crippen LogP contribution in [0.3, 0.4) is 0 Å². The number of nitrogens with zero attached hydrogens (tertiary/aromatic N) is 1. The lowest BCUT2D eigenvalue weighted by Gasteiger charge is -2.30. The highest BCUT2D eigenvalue weighted by atomic mass is 16.6. The summed E-state index contributed by atoms with van der Waals surface area (Å²) in [5.74, 6) is -0.912. The van der Waals surface area contributed by atoms with Crippen molar-refractivity contribution in [3.63, 3.8) is 0 Å². The first kappa shape index (κ1) is 17.8. The van der Waals surface area contributed by atoms with Gasteiger partial charge in [-0.3, -0.25) is 4.90 Å². The molecular formula is C15H27NO5. The van der Waals surface area contributed by atoms with E-state index in [2.05, 4.69) is 0 Å². The fraction of sp³-hybridized carbons (Fsp3) is 0.867. The maximum absolute atomic E-state index is 12.3. The maximum Gasteiger partial charge on any atom is 0.411 e. The molecule has 1 aliphatic heterocycles. The zero-order valence-electron chi connectivity index (χ0n) is 14.0. The zero-order valence-corrected chi connectivity index (χ0v) is 14.0. The number of ether oxygens (including phenoxy) is 2. The van der Waals surface area contributed by atoms with Gasteiger partial charge in [-0.2, -0.15) is 0 Å². The molecule has 1 heterocycles. The summed E-state index contributed by atoms with van der Waals surface area (Å²) in [6.07, 6.45) is -1.38. The molecule has 1 saturated heterocycles. The molecule has 3 unspecified atom stereocenters. The van der Waals surface area contributed by atoms with Crippen LogP contribution in [0.15, 0.2) is 0 Å². The molecule has 1 N–H and O–H groups in total. The molecule has 1 rings (SSSR count). The Morgan fingerprint density at radius 2 is 1.52 bits per heavy atom. The average Bonchev–Trinajstić information content (AvgIpc) is 2.50. The Hall–Kier alpha value is -1.30. The van der Waals surface area contributed by atoms with E-state index < -0.39 is 41.3 Å². The monoisotopic (exact) mass is 301 g/mol. The highest BCUT2D eigenvalue weighted by molar-refractivity contribution is 5.83. The first-order valence-electron chi connectivity index (χ1n) is 7.22. The molecule has 6 nitrogen and oxygen atoms in total. The molecule has 0 radical (unpaired) electrons. The predicted octanol–water partition coefficient (Wildman–Crippen LogP) is 1.94. The Morgan fingerprint density at radius 3 is 1.95 bits per heavy atom. The van der Waals surface area contributed by atoms with Gasteiger partial charge in [0.15, 0.2) is 0 Å². The van der Waals surface area contributed by atoms with Crippen LogP contribution in [-0.4, -0.2) is 52.0 Å². The van der Waals surface area contributed by atoms with E-state index in [9.17, 15) is 14.7 Å². The van der Waals surface area contributed by atoms with Crippen molar-refractivity contribution in [3.8, 4) is 0 Å². The van der Waals surface area contributed by atoms with Gasteiger partial charge in [0.05, 0.1) is 12.6 Å². The normalized spacial score (nSPS) is 26.7. The molecule has 3 atom stereocenters. The standard InChI is InChI=1S/C15H27NO5/c1-9-10(17)8-16(13(19)21-15(5,6)7)11(9)12(18)20-14(2,3)4/h9-11,17H,8H2,1-7H3. The molecule has 21 heavy (non-hydrogen) atoms. The van der Waals surface area contributed by atoms with Gasteiger partial charge in [-0.15, -0.1) is 0 Å². The van der Waals surface area contributed by atoms with Gasteiger partial charge in [0, 0.05) is 5.92 Å². The second kappa shape index (κ2) is 5.83. The number of rotatable bonds is 1. The van der Waals surface area contributed by atoms with Gasteiger partial charge in [-0.1, -0.05) is 6.92 Å². The third kappa shape index (κ3) is 4.88. The van der Waals surface area contributed by atoms with Crippen molar-refractivity contribution >= 4 is 12.1 Å². The SMILES string of the molecule is CC1C(O)CN(C(=O)OC(C)(C)C)C1C(=O)OC(C)(C)C. The van der Waals surface area contributed by atoms with Crippen molar-refractivity contribution in [2.24, 2.45) is 5.92 Å². The second-order valence-electron chi connectivity index (χ2n) is 7.54. The summed E-state index contributed by atoms with van der Waals surface area (Å²) in [4.78, 5) is 25.8. The Kier molecular flexibility index (Phi) is 4.93. The first-order valence-corrected chi connectivity index (χ1v) is 7.22. The molecule has 1 aliphatic rings. The van der Waals surface area contributed by atoms with E-state index >= 15 is 0 Å². The van der Waals surface area contributed by atoms with Crippen LogP contribution in [0.2, 0.25) is 0 Å². The molecule has 122 valence electrons. The summed E-state index contributed by atoms with van der Waals surface area (Å²) in [5.41, 5.74) is -1.31. The van der Waals surface area contributed by atoms with Gasteiger partial charge in [-0.05, 0) is 41.5 Å². The Bertz CT molecular complexity index is 407. The van der Waals surface area contributed by atoms with Crippen molar-refractivity contribution in [1.82, 2.24) is 4.90 Å². The van der Waals surface area contributed by atoms with Crippen molar-refractivity contribution in [3.05, 3.63) is 0 Å². The minimum absolute atomic E-state index is 0.0694. The fourth-order valence-electron chi connectivity index (χ4n) is 2.19. The van der Waals surface area contributed by atoms with Crippen LogP contribution in [0.25, 0.3) is 0 Å². The van der Waals surface area contributed by atoms with E-state index in [0.717, 1.165) is 0 Å². The number of hydrogen-bond donors (Lipinski definition) is 1. The van der Waals surface area contributed by atoms with E-state index in [0.29, 0.717) is 0 Å². The van der Waals surface area contributed by atoms with Gasteiger partial charge in [0.25, 0.3) is 0 Å². The molecule has 1 fully saturated rings. The molecule has 6 heteroatoms. The van der Waals surface area contributed by atoms with Crippen LogP contribution in [-0.2, 0) is 14.3 Å². The number of aliphatic hydroxyl groups excluding tert-OH is 1. The van der Waals surface area contributed by atoms with E-state index in [1.54, 1.807) is 48.5 Å². The van der Waals surface area contributed by atoms with Crippen molar-refractivity contribution in [1.29, 1.82) is 0 Å². The highest BCUT2D eigenvalue weighted by Gasteiger charge is 2.47. The van der Waals surface area contributed by atoms with Crippen molar-refractivity contribution < 1.29 is 24.2 Å². The summed E-state index contributed by atoms with van der Waals surface area (Å²) < 4.78 is 10.6. The summed E-state index contributed by atoms with van der Waals surface area (Å²) in [7, 11) is 0. The molecule has 0 aromatic carbocycles. The summed E-state index contributed by atoms with van der Waals surface area (Å²) in [6.45, 7) is 12.3. The molecule has 0 aromatic rings. The molecule has 0 spiro atoms. The minimum atomic E-state index is -0.825. The maximum atomic E-state index is 12.3. The Morgan fingerprint density at radius 1 is 1.05 bits per heavy atom. The van der Waals surface area contributed by atoms with E-state index in [4.69, 9.17) is 9.47 Å². The molecular weight excluding hydrogens is 274 g/mol. The lowest BCUT2D eigenvalue weighted by molar-refractivity contribution is -0.161. The van der Waals surface area contributed by atoms with Gasteiger partial charge >= 0.3 is 12.1 Å². The Balaban J connectivity index is 2.91. The summed E-state index contributed by atoms with van der Waals surface area (Å²) >= 11 is 0. The number of carbonyl (C=O) groups excluding carboxylic acids is 2. The molecule has 0 aromatic heterocycles. The number of amides is 1. The minimum Gasteiger partial charge on any atom is -0.458 e.